The first kappa shape index (κ1) is 14.0. The van der Waals surface area contributed by atoms with Crippen LogP contribution in [0, 0.1) is 5.21 Å². The van der Waals surface area contributed by atoms with Gasteiger partial charge in [0.05, 0.1) is 5.57 Å². The highest BCUT2D eigenvalue weighted by molar-refractivity contribution is 5.92. The molecule has 0 aromatic heterocycles. The van der Waals surface area contributed by atoms with Gasteiger partial charge in [-0.15, -0.1) is 0 Å². The van der Waals surface area contributed by atoms with Crippen molar-refractivity contribution >= 4 is 11.9 Å². The fraction of sp³-hybridized carbons (Fsp3) is 0.571. The standard InChI is InChI=1S/C14H19NO4/c1-7(2)9-5-11(15(18)13(9)16)12-6-10(8(3)4)14(17)19-12/h11-12,15H,5-6H2,1-4H3/t11-,12-/m0/s1. The monoisotopic (exact) mass is 265 g/mol. The number of nitrogens with one attached hydrogen (secondary N) is 1. The molecule has 5 heteroatoms. The Morgan fingerprint density at radius 2 is 1.68 bits per heavy atom. The van der Waals surface area contributed by atoms with Gasteiger partial charge in [-0.05, 0) is 27.7 Å². The quantitative estimate of drug-likeness (QED) is 0.429. The summed E-state index contributed by atoms with van der Waals surface area (Å²) in [6.45, 7) is 7.35. The molecule has 104 valence electrons. The third kappa shape index (κ3) is 2.35. The molecule has 0 aliphatic carbocycles. The summed E-state index contributed by atoms with van der Waals surface area (Å²) in [7, 11) is 0. The highest BCUT2D eigenvalue weighted by atomic mass is 16.6. The average Bonchev–Trinajstić information content (AvgIpc) is 2.82. The topological polar surface area (TPSA) is 70.9 Å². The second-order valence-corrected chi connectivity index (χ2v) is 5.61. The Balaban J connectivity index is 2.22. The lowest BCUT2D eigenvalue weighted by Crippen LogP contribution is -3.12. The third-order valence-corrected chi connectivity index (χ3v) is 3.82. The van der Waals surface area contributed by atoms with Gasteiger partial charge in [0, 0.05) is 18.4 Å². The van der Waals surface area contributed by atoms with E-state index in [0.717, 1.165) is 11.1 Å². The van der Waals surface area contributed by atoms with E-state index in [4.69, 9.17) is 4.74 Å². The molecular formula is C14H19NO4. The van der Waals surface area contributed by atoms with Gasteiger partial charge in [0.25, 0.3) is 0 Å². The van der Waals surface area contributed by atoms with Gasteiger partial charge >= 0.3 is 11.9 Å². The van der Waals surface area contributed by atoms with Crippen molar-refractivity contribution in [3.8, 4) is 0 Å². The van der Waals surface area contributed by atoms with E-state index < -0.39 is 23.1 Å². The van der Waals surface area contributed by atoms with Crippen LogP contribution in [0.2, 0.25) is 0 Å². The Morgan fingerprint density at radius 3 is 2.11 bits per heavy atom. The van der Waals surface area contributed by atoms with Crippen molar-refractivity contribution in [2.75, 3.05) is 0 Å². The van der Waals surface area contributed by atoms with Crippen molar-refractivity contribution in [2.45, 2.75) is 52.7 Å². The van der Waals surface area contributed by atoms with Gasteiger partial charge in [0.1, 0.15) is 6.04 Å². The fourth-order valence-corrected chi connectivity index (χ4v) is 2.62. The molecule has 1 amide bonds. The smallest absolute Gasteiger partial charge is 0.340 e. The van der Waals surface area contributed by atoms with E-state index in [0.29, 0.717) is 24.0 Å². The van der Waals surface area contributed by atoms with Crippen LogP contribution < -0.4 is 5.06 Å². The molecule has 2 aliphatic heterocycles. The van der Waals surface area contributed by atoms with Crippen LogP contribution in [0.1, 0.15) is 40.5 Å². The van der Waals surface area contributed by atoms with E-state index >= 15 is 0 Å². The maximum absolute atomic E-state index is 12.0. The first-order chi connectivity index (χ1) is 8.82. The Kier molecular flexibility index (Phi) is 3.60. The predicted octanol–water partition coefficient (Wildman–Crippen LogP) is 0.656. The highest BCUT2D eigenvalue weighted by Crippen LogP contribution is 2.29. The number of carbonyl (C=O) groups is 2. The van der Waals surface area contributed by atoms with Crippen molar-refractivity contribution in [3.63, 3.8) is 0 Å². The van der Waals surface area contributed by atoms with E-state index in [1.807, 2.05) is 27.7 Å². The fourth-order valence-electron chi connectivity index (χ4n) is 2.62. The molecule has 0 radical (unpaired) electrons. The number of esters is 1. The lowest BCUT2D eigenvalue weighted by Gasteiger charge is -2.24. The number of hydrogen-bond acceptors (Lipinski definition) is 4. The minimum atomic E-state index is -0.502. The molecule has 3 atom stereocenters. The minimum Gasteiger partial charge on any atom is -0.626 e. The maximum Gasteiger partial charge on any atom is 0.340 e. The second-order valence-electron chi connectivity index (χ2n) is 5.61. The van der Waals surface area contributed by atoms with Crippen LogP contribution in [0.5, 0.6) is 0 Å². The summed E-state index contributed by atoms with van der Waals surface area (Å²) in [6, 6.07) is -0.502. The van der Waals surface area contributed by atoms with Crippen molar-refractivity contribution < 1.29 is 19.4 Å². The molecule has 19 heavy (non-hydrogen) atoms. The number of hydrogen-bond donors (Lipinski definition) is 1. The lowest BCUT2D eigenvalue weighted by molar-refractivity contribution is -0.789. The number of ether oxygens (including phenoxy) is 1. The predicted molar refractivity (Wildman–Crippen MR) is 69.0 cm³/mol. The number of carbonyl (C=O) groups excluding carboxylic acids is 2. The molecular weight excluding hydrogens is 246 g/mol. The molecule has 5 nitrogen and oxygen atoms in total. The number of hydroxylamine groups is 2. The van der Waals surface area contributed by atoms with Crippen LogP contribution in [0.15, 0.2) is 22.3 Å². The van der Waals surface area contributed by atoms with Gasteiger partial charge < -0.3 is 9.94 Å². The van der Waals surface area contributed by atoms with Crippen molar-refractivity contribution in [1.82, 2.24) is 0 Å². The Hall–Kier alpha value is -1.46. The molecule has 1 unspecified atom stereocenters. The van der Waals surface area contributed by atoms with Crippen LogP contribution in [0.25, 0.3) is 0 Å². The molecule has 0 saturated carbocycles. The number of rotatable bonds is 1. The number of quaternary nitrogens is 1. The van der Waals surface area contributed by atoms with Gasteiger partial charge in [-0.3, -0.25) is 5.06 Å². The molecule has 2 heterocycles. The SMILES string of the molecule is CC(C)=C1C[C@@H]([C@@H]2CC(=C(C)C)C(=O)[NH+]2[O-])OC1=O. The Labute approximate surface area is 112 Å². The van der Waals surface area contributed by atoms with E-state index in [1.165, 1.54) is 0 Å². The minimum absolute atomic E-state index is 0.351. The molecule has 2 rings (SSSR count). The van der Waals surface area contributed by atoms with Gasteiger partial charge in [-0.1, -0.05) is 11.1 Å². The first-order valence-corrected chi connectivity index (χ1v) is 6.45. The Morgan fingerprint density at radius 1 is 1.11 bits per heavy atom. The zero-order chi connectivity index (χ0) is 14.3. The van der Waals surface area contributed by atoms with Crippen LogP contribution in [0.3, 0.4) is 0 Å². The molecule has 0 spiro atoms. The zero-order valence-electron chi connectivity index (χ0n) is 11.7. The van der Waals surface area contributed by atoms with Crippen LogP contribution in [-0.4, -0.2) is 24.0 Å². The average molecular weight is 265 g/mol. The highest BCUT2D eigenvalue weighted by Gasteiger charge is 2.46. The van der Waals surface area contributed by atoms with Gasteiger partial charge in [0.2, 0.25) is 0 Å². The second kappa shape index (κ2) is 4.90. The van der Waals surface area contributed by atoms with E-state index in [2.05, 4.69) is 0 Å². The first-order valence-electron chi connectivity index (χ1n) is 6.45. The zero-order valence-corrected chi connectivity index (χ0v) is 11.7. The summed E-state index contributed by atoms with van der Waals surface area (Å²) in [5.74, 6) is -0.761. The van der Waals surface area contributed by atoms with Crippen LogP contribution in [0.4, 0.5) is 0 Å². The van der Waals surface area contributed by atoms with Gasteiger partial charge in [0.15, 0.2) is 6.10 Å². The summed E-state index contributed by atoms with van der Waals surface area (Å²) in [5, 5.41) is 11.6. The molecule has 0 aromatic carbocycles. The van der Waals surface area contributed by atoms with Gasteiger partial charge in [-0.25, -0.2) is 9.59 Å². The summed E-state index contributed by atoms with van der Waals surface area (Å²) in [6.07, 6.45) is 0.347. The summed E-state index contributed by atoms with van der Waals surface area (Å²) in [5.41, 5.74) is 2.99. The van der Waals surface area contributed by atoms with Crippen LogP contribution in [-0.2, 0) is 14.3 Å². The molecule has 2 fully saturated rings. The molecule has 0 bridgehead atoms. The summed E-state index contributed by atoms with van der Waals surface area (Å²) < 4.78 is 5.27. The molecule has 1 N–H and O–H groups in total. The summed E-state index contributed by atoms with van der Waals surface area (Å²) >= 11 is 0. The van der Waals surface area contributed by atoms with E-state index in [-0.39, 0.29) is 5.97 Å². The third-order valence-electron chi connectivity index (χ3n) is 3.82. The Bertz CT molecular complexity index is 496. The number of cyclic esters (lactones) is 1. The number of allylic oxidation sites excluding steroid dienone is 2. The lowest BCUT2D eigenvalue weighted by atomic mass is 9.99. The maximum atomic E-state index is 12.0. The molecule has 0 aromatic rings. The van der Waals surface area contributed by atoms with Crippen LogP contribution >= 0.6 is 0 Å². The largest absolute Gasteiger partial charge is 0.626 e. The molecule has 2 saturated heterocycles. The summed E-state index contributed by atoms with van der Waals surface area (Å²) in [4.78, 5) is 23.5. The van der Waals surface area contributed by atoms with Crippen molar-refractivity contribution in [3.05, 3.63) is 27.5 Å². The normalized spacial score (nSPS) is 30.9. The van der Waals surface area contributed by atoms with Crippen molar-refractivity contribution in [2.24, 2.45) is 0 Å². The van der Waals surface area contributed by atoms with E-state index in [1.54, 1.807) is 0 Å². The number of amides is 1. The van der Waals surface area contributed by atoms with E-state index in [9.17, 15) is 14.8 Å². The van der Waals surface area contributed by atoms with Gasteiger partial charge in [-0.2, -0.15) is 0 Å². The van der Waals surface area contributed by atoms with Crippen molar-refractivity contribution in [1.29, 1.82) is 0 Å². The molecule has 2 aliphatic rings.